The monoisotopic (exact) mass is 414 g/mol. The Bertz CT molecular complexity index is 936. The van der Waals surface area contributed by atoms with E-state index in [1.54, 1.807) is 35.2 Å². The van der Waals surface area contributed by atoms with Gasteiger partial charge in [0.1, 0.15) is 11.5 Å². The van der Waals surface area contributed by atoms with E-state index in [2.05, 4.69) is 4.99 Å². The molecule has 1 saturated carbocycles. The lowest BCUT2D eigenvalue weighted by Crippen LogP contribution is -2.40. The Kier molecular flexibility index (Phi) is 5.83. The van der Waals surface area contributed by atoms with Gasteiger partial charge >= 0.3 is 0 Å². The number of aliphatic imine (C=N–C) groups is 1. The van der Waals surface area contributed by atoms with Crippen molar-refractivity contribution >= 4 is 46.2 Å². The zero-order valence-electron chi connectivity index (χ0n) is 15.3. The smallest absolute Gasteiger partial charge is 0.267 e. The van der Waals surface area contributed by atoms with E-state index in [0.717, 1.165) is 31.2 Å². The van der Waals surface area contributed by atoms with E-state index < -0.39 is 0 Å². The van der Waals surface area contributed by atoms with Crippen LogP contribution in [0.3, 0.4) is 0 Å². The molecule has 6 heteroatoms. The molecule has 0 spiro atoms. The molecule has 0 unspecified atom stereocenters. The van der Waals surface area contributed by atoms with Gasteiger partial charge in [-0.05, 0) is 60.5 Å². The van der Waals surface area contributed by atoms with Crippen LogP contribution in [0, 0.1) is 5.82 Å². The predicted octanol–water partition coefficient (Wildman–Crippen LogP) is 6.42. The van der Waals surface area contributed by atoms with Crippen LogP contribution >= 0.6 is 23.4 Å². The van der Waals surface area contributed by atoms with Gasteiger partial charge in [-0.1, -0.05) is 55.1 Å². The van der Waals surface area contributed by atoms with Crippen LogP contribution in [0.2, 0.25) is 5.02 Å². The number of hydrogen-bond donors (Lipinski definition) is 0. The summed E-state index contributed by atoms with van der Waals surface area (Å²) in [6.45, 7) is 0. The van der Waals surface area contributed by atoms with Crippen LogP contribution in [0.1, 0.15) is 37.7 Å². The molecule has 1 saturated heterocycles. The molecule has 1 heterocycles. The third kappa shape index (κ3) is 4.15. The molecule has 3 nitrogen and oxygen atoms in total. The van der Waals surface area contributed by atoms with Crippen LogP contribution in [0.15, 0.2) is 58.4 Å². The van der Waals surface area contributed by atoms with Crippen molar-refractivity contribution in [2.75, 3.05) is 0 Å². The Hall–Kier alpha value is -2.11. The van der Waals surface area contributed by atoms with Gasteiger partial charge in [0.25, 0.3) is 5.91 Å². The van der Waals surface area contributed by atoms with Crippen LogP contribution in [-0.4, -0.2) is 22.0 Å². The second-order valence-corrected chi connectivity index (χ2v) is 8.42. The maximum atomic E-state index is 14.1. The first-order valence-electron chi connectivity index (χ1n) is 9.44. The molecule has 1 aliphatic carbocycles. The number of para-hydroxylation sites is 1. The molecule has 1 amide bonds. The maximum Gasteiger partial charge on any atom is 0.267 e. The molecule has 2 aliphatic rings. The third-order valence-corrected chi connectivity index (χ3v) is 6.25. The lowest BCUT2D eigenvalue weighted by Gasteiger charge is -2.30. The molecule has 144 valence electrons. The van der Waals surface area contributed by atoms with Crippen molar-refractivity contribution in [3.8, 4) is 0 Å². The molecule has 28 heavy (non-hydrogen) atoms. The van der Waals surface area contributed by atoms with E-state index in [4.69, 9.17) is 11.6 Å². The van der Waals surface area contributed by atoms with Crippen molar-refractivity contribution < 1.29 is 9.18 Å². The van der Waals surface area contributed by atoms with Gasteiger partial charge < -0.3 is 0 Å². The number of carbonyl (C=O) groups excluding carboxylic acids is 1. The maximum absolute atomic E-state index is 14.1. The second kappa shape index (κ2) is 8.50. The fraction of sp³-hybridized carbons (Fsp3) is 0.273. The summed E-state index contributed by atoms with van der Waals surface area (Å²) < 4.78 is 14.1. The number of carbonyl (C=O) groups is 1. The molecule has 0 N–H and O–H groups in total. The first-order chi connectivity index (χ1) is 13.6. The molecule has 2 aromatic rings. The Balaban J connectivity index is 1.71. The molecule has 2 fully saturated rings. The predicted molar refractivity (Wildman–Crippen MR) is 114 cm³/mol. The Morgan fingerprint density at radius 1 is 1.07 bits per heavy atom. The van der Waals surface area contributed by atoms with Crippen molar-refractivity contribution in [1.29, 1.82) is 0 Å². The van der Waals surface area contributed by atoms with E-state index in [-0.39, 0.29) is 23.5 Å². The Morgan fingerprint density at radius 2 is 1.79 bits per heavy atom. The van der Waals surface area contributed by atoms with Gasteiger partial charge in [0.05, 0.1) is 4.91 Å². The molecule has 0 aromatic heterocycles. The van der Waals surface area contributed by atoms with E-state index in [1.165, 1.54) is 24.2 Å². The van der Waals surface area contributed by atoms with E-state index in [1.807, 2.05) is 18.2 Å². The van der Waals surface area contributed by atoms with Crippen LogP contribution in [0.25, 0.3) is 6.08 Å². The van der Waals surface area contributed by atoms with Crippen LogP contribution in [-0.2, 0) is 4.79 Å². The number of rotatable bonds is 3. The molecule has 4 rings (SSSR count). The lowest BCUT2D eigenvalue weighted by molar-refractivity contribution is -0.124. The quantitative estimate of drug-likeness (QED) is 0.543. The highest BCUT2D eigenvalue weighted by atomic mass is 35.5. The summed E-state index contributed by atoms with van der Waals surface area (Å²) in [6.07, 6.45) is 7.15. The molecule has 2 aromatic carbocycles. The van der Waals surface area contributed by atoms with Gasteiger partial charge in [-0.25, -0.2) is 9.38 Å². The highest BCUT2D eigenvalue weighted by Gasteiger charge is 2.38. The molecular formula is C22H20ClFN2OS. The fourth-order valence-electron chi connectivity index (χ4n) is 3.58. The number of benzene rings is 2. The number of amidine groups is 1. The second-order valence-electron chi connectivity index (χ2n) is 6.97. The summed E-state index contributed by atoms with van der Waals surface area (Å²) in [5.41, 5.74) is 1.15. The van der Waals surface area contributed by atoms with Gasteiger partial charge in [0.2, 0.25) is 0 Å². The summed E-state index contributed by atoms with van der Waals surface area (Å²) >= 11 is 7.27. The summed E-state index contributed by atoms with van der Waals surface area (Å²) in [5, 5.41) is 1.21. The van der Waals surface area contributed by atoms with E-state index >= 15 is 0 Å². The van der Waals surface area contributed by atoms with Crippen molar-refractivity contribution in [3.63, 3.8) is 0 Å². The topological polar surface area (TPSA) is 32.7 Å². The summed E-state index contributed by atoms with van der Waals surface area (Å²) in [4.78, 5) is 20.1. The van der Waals surface area contributed by atoms with Gasteiger partial charge in [-0.15, -0.1) is 0 Å². The SMILES string of the molecule is O=C1/C(=C/c2ccc(Cl)cc2)SC(=Nc2ccccc2F)N1C1CCCCC1. The normalized spacial score (nSPS) is 21.1. The minimum absolute atomic E-state index is 0.0538. The number of halogens is 2. The number of hydrogen-bond acceptors (Lipinski definition) is 3. The third-order valence-electron chi connectivity index (χ3n) is 5.01. The van der Waals surface area contributed by atoms with Gasteiger partial charge in [0, 0.05) is 11.1 Å². The largest absolute Gasteiger partial charge is 0.283 e. The minimum atomic E-state index is -0.387. The molecule has 1 aliphatic heterocycles. The van der Waals surface area contributed by atoms with Crippen molar-refractivity contribution in [3.05, 3.63) is 69.8 Å². The van der Waals surface area contributed by atoms with Gasteiger partial charge in [-0.3, -0.25) is 9.69 Å². The van der Waals surface area contributed by atoms with E-state index in [0.29, 0.717) is 15.1 Å². The first kappa shape index (κ1) is 19.2. The number of thioether (sulfide) groups is 1. The van der Waals surface area contributed by atoms with Crippen LogP contribution in [0.5, 0.6) is 0 Å². The first-order valence-corrected chi connectivity index (χ1v) is 10.6. The van der Waals surface area contributed by atoms with Crippen molar-refractivity contribution in [2.45, 2.75) is 38.1 Å². The summed E-state index contributed by atoms with van der Waals surface area (Å²) in [6, 6.07) is 13.9. The van der Waals surface area contributed by atoms with Crippen LogP contribution in [0.4, 0.5) is 10.1 Å². The van der Waals surface area contributed by atoms with Crippen molar-refractivity contribution in [1.82, 2.24) is 4.90 Å². The average molecular weight is 415 g/mol. The zero-order chi connectivity index (χ0) is 19.5. The highest BCUT2D eigenvalue weighted by molar-refractivity contribution is 8.18. The Labute approximate surface area is 173 Å². The molecular weight excluding hydrogens is 395 g/mol. The standard InChI is InChI=1S/C22H20ClFN2OS/c23-16-12-10-15(11-13-16)14-20-21(27)26(17-6-2-1-3-7-17)22(28-20)25-19-9-5-4-8-18(19)24/h4-5,8-14,17H,1-3,6-7H2/b20-14-,25-22?. The number of amides is 1. The molecule has 0 radical (unpaired) electrons. The van der Waals surface area contributed by atoms with Gasteiger partial charge in [-0.2, -0.15) is 0 Å². The summed E-state index contributed by atoms with van der Waals surface area (Å²) in [5.74, 6) is -0.441. The Morgan fingerprint density at radius 3 is 2.50 bits per heavy atom. The van der Waals surface area contributed by atoms with Gasteiger partial charge in [0.15, 0.2) is 5.17 Å². The highest BCUT2D eigenvalue weighted by Crippen LogP contribution is 2.38. The van der Waals surface area contributed by atoms with E-state index in [9.17, 15) is 9.18 Å². The average Bonchev–Trinajstić information content (AvgIpc) is 3.01. The zero-order valence-corrected chi connectivity index (χ0v) is 16.8. The molecule has 0 bridgehead atoms. The number of nitrogens with zero attached hydrogens (tertiary/aromatic N) is 2. The van der Waals surface area contributed by atoms with Crippen LogP contribution < -0.4 is 0 Å². The van der Waals surface area contributed by atoms with Crippen molar-refractivity contribution in [2.24, 2.45) is 4.99 Å². The summed E-state index contributed by atoms with van der Waals surface area (Å²) in [7, 11) is 0. The molecule has 0 atom stereocenters. The minimum Gasteiger partial charge on any atom is -0.283 e. The lowest BCUT2D eigenvalue weighted by atomic mass is 9.94. The fourth-order valence-corrected chi connectivity index (χ4v) is 4.76.